The molecule has 2 amide bonds. The Labute approximate surface area is 283 Å². The maximum atomic E-state index is 14.8. The van der Waals surface area contributed by atoms with Gasteiger partial charge >= 0.3 is 0 Å². The number of carbonyl (C=O) groups excluding carboxylic acids is 2. The van der Waals surface area contributed by atoms with Crippen molar-refractivity contribution in [3.05, 3.63) is 59.2 Å². The van der Waals surface area contributed by atoms with Crippen molar-refractivity contribution in [1.29, 1.82) is 0 Å². The zero-order valence-corrected chi connectivity index (χ0v) is 28.7. The minimum absolute atomic E-state index is 0. The summed E-state index contributed by atoms with van der Waals surface area (Å²) in [6.45, 7) is 9.43. The molecule has 2 aliphatic rings. The number of amides is 2. The number of aliphatic hydroxyl groups is 1. The lowest BCUT2D eigenvalue weighted by molar-refractivity contribution is -0.136. The van der Waals surface area contributed by atoms with E-state index < -0.39 is 29.6 Å². The average molecular weight is 681 g/mol. The number of nitrogens with zero attached hydrogens (tertiary/aromatic N) is 2. The topological polar surface area (TPSA) is 131 Å². The number of ether oxygens (including phenoxy) is 2. The number of halogens is 3. The molecule has 0 unspecified atom stereocenters. The van der Waals surface area contributed by atoms with Crippen LogP contribution in [0.3, 0.4) is 0 Å². The van der Waals surface area contributed by atoms with Gasteiger partial charge < -0.3 is 35.8 Å². The van der Waals surface area contributed by atoms with Gasteiger partial charge in [-0.05, 0) is 54.7 Å². The van der Waals surface area contributed by atoms with Crippen molar-refractivity contribution in [2.45, 2.75) is 90.0 Å². The Morgan fingerprint density at radius 1 is 0.766 bits per heavy atom. The zero-order chi connectivity index (χ0) is 33.5. The molecule has 9 nitrogen and oxygen atoms in total. The number of piperidine rings is 2. The third-order valence-electron chi connectivity index (χ3n) is 9.21. The predicted molar refractivity (Wildman–Crippen MR) is 180 cm³/mol. The van der Waals surface area contributed by atoms with Crippen molar-refractivity contribution in [2.75, 3.05) is 32.8 Å². The molecule has 2 aromatic rings. The minimum atomic E-state index is -0.627. The van der Waals surface area contributed by atoms with E-state index in [1.54, 1.807) is 21.9 Å². The van der Waals surface area contributed by atoms with Crippen LogP contribution >= 0.6 is 12.4 Å². The molecule has 262 valence electrons. The third-order valence-corrected chi connectivity index (χ3v) is 9.21. The van der Waals surface area contributed by atoms with E-state index in [4.69, 9.17) is 20.9 Å². The van der Waals surface area contributed by atoms with Crippen LogP contribution in [0.1, 0.15) is 76.8 Å². The normalized spacial score (nSPS) is 17.5. The lowest BCUT2D eigenvalue weighted by Gasteiger charge is -2.35. The third kappa shape index (κ3) is 9.78. The first kappa shape index (κ1) is 38.5. The van der Waals surface area contributed by atoms with Gasteiger partial charge in [-0.1, -0.05) is 27.7 Å². The van der Waals surface area contributed by atoms with E-state index in [9.17, 15) is 23.5 Å². The lowest BCUT2D eigenvalue weighted by Crippen LogP contribution is -2.50. The van der Waals surface area contributed by atoms with E-state index in [0.29, 0.717) is 74.5 Å². The van der Waals surface area contributed by atoms with E-state index >= 15 is 0 Å². The number of hydrogen-bond donors (Lipinski definition) is 3. The molecular formula is C35H51ClF2N4O5. The summed E-state index contributed by atoms with van der Waals surface area (Å²) < 4.78 is 42.4. The molecule has 0 saturated carbocycles. The zero-order valence-electron chi connectivity index (χ0n) is 27.9. The van der Waals surface area contributed by atoms with Crippen LogP contribution in [-0.2, 0) is 9.59 Å². The van der Waals surface area contributed by atoms with E-state index in [1.165, 1.54) is 24.3 Å². The highest BCUT2D eigenvalue weighted by Crippen LogP contribution is 2.41. The van der Waals surface area contributed by atoms with Gasteiger partial charge in [-0.2, -0.15) is 0 Å². The van der Waals surface area contributed by atoms with E-state index in [0.717, 1.165) is 0 Å². The highest BCUT2D eigenvalue weighted by Gasteiger charge is 2.32. The van der Waals surface area contributed by atoms with Crippen LogP contribution in [0.4, 0.5) is 8.78 Å². The number of rotatable bonds is 12. The summed E-state index contributed by atoms with van der Waals surface area (Å²) in [5.41, 5.74) is 13.1. The molecule has 5 N–H and O–H groups in total. The van der Waals surface area contributed by atoms with Gasteiger partial charge in [0.25, 0.3) is 0 Å². The summed E-state index contributed by atoms with van der Waals surface area (Å²) in [4.78, 5) is 29.0. The fourth-order valence-corrected chi connectivity index (χ4v) is 6.14. The molecule has 2 aliphatic heterocycles. The second kappa shape index (κ2) is 17.4. The number of likely N-dealkylation sites (tertiary alicyclic amines) is 2. The van der Waals surface area contributed by atoms with Crippen LogP contribution in [-0.4, -0.2) is 83.8 Å². The molecule has 2 atom stereocenters. The maximum Gasteiger partial charge on any atom is 0.239 e. The molecule has 2 aromatic carbocycles. The highest BCUT2D eigenvalue weighted by molar-refractivity contribution is 5.85. The molecule has 2 heterocycles. The van der Waals surface area contributed by atoms with Crippen LogP contribution in [0.25, 0.3) is 0 Å². The molecule has 0 spiro atoms. The summed E-state index contributed by atoms with van der Waals surface area (Å²) in [5.74, 6) is -0.796. The Morgan fingerprint density at radius 2 is 1.13 bits per heavy atom. The fraction of sp³-hybridized carbons (Fsp3) is 0.600. The van der Waals surface area contributed by atoms with Crippen molar-refractivity contribution in [1.82, 2.24) is 9.80 Å². The predicted octanol–water partition coefficient (Wildman–Crippen LogP) is 4.61. The first-order chi connectivity index (χ1) is 21.9. The van der Waals surface area contributed by atoms with Crippen molar-refractivity contribution < 1.29 is 33.0 Å². The lowest BCUT2D eigenvalue weighted by atomic mass is 9.87. The van der Waals surface area contributed by atoms with Crippen molar-refractivity contribution in [3.63, 3.8) is 0 Å². The monoisotopic (exact) mass is 680 g/mol. The maximum absolute atomic E-state index is 14.8. The molecule has 0 aliphatic carbocycles. The van der Waals surface area contributed by atoms with E-state index in [2.05, 4.69) is 0 Å². The standard InChI is InChI=1S/C35H50F2N4O5.ClH/c1-21(2)32(38)34(43)40-14-9-25(10-15-40)45-30-7-5-23(36)19-28(30)27(13-18-42)29-20-24(37)6-8-31(29)46-26-11-16-41(17-12-26)35(44)33(39)22(3)4;/h5-8,19-22,25-27,32-33,42H,9-18,38-39H2,1-4H3;1H/t32-,33-;/m1./s1. The quantitative estimate of drug-likeness (QED) is 0.299. The van der Waals surface area contributed by atoms with E-state index in [-0.39, 0.29) is 61.3 Å². The summed E-state index contributed by atoms with van der Waals surface area (Å²) >= 11 is 0. The highest BCUT2D eigenvalue weighted by atomic mass is 35.5. The molecule has 12 heteroatoms. The van der Waals surface area contributed by atoms with Gasteiger partial charge in [0.2, 0.25) is 11.8 Å². The van der Waals surface area contributed by atoms with Crippen LogP contribution in [0, 0.1) is 23.5 Å². The summed E-state index contributed by atoms with van der Waals surface area (Å²) in [6.07, 6.45) is 2.05. The Kier molecular flexibility index (Phi) is 14.3. The van der Waals surface area contributed by atoms with Crippen molar-refractivity contribution >= 4 is 24.2 Å². The van der Waals surface area contributed by atoms with Crippen LogP contribution in [0.5, 0.6) is 11.5 Å². The van der Waals surface area contributed by atoms with Gasteiger partial charge in [0.05, 0.1) is 12.1 Å². The SMILES string of the molecule is CC(C)[C@@H](N)C(=O)N1CCC(Oc2ccc(F)cc2C(CCO)c2cc(F)ccc2OC2CCN(C(=O)[C@H](N)C(C)C)CC2)CC1.Cl. The second-order valence-electron chi connectivity index (χ2n) is 13.3. The number of benzene rings is 2. The van der Waals surface area contributed by atoms with Gasteiger partial charge in [0.1, 0.15) is 35.3 Å². The molecular weight excluding hydrogens is 630 g/mol. The molecule has 2 fully saturated rings. The molecule has 0 radical (unpaired) electrons. The Bertz CT molecular complexity index is 1240. The van der Waals surface area contributed by atoms with Gasteiger partial charge in [-0.25, -0.2) is 8.78 Å². The summed E-state index contributed by atoms with van der Waals surface area (Å²) in [6, 6.07) is 7.39. The second-order valence-corrected chi connectivity index (χ2v) is 13.3. The van der Waals surface area contributed by atoms with E-state index in [1.807, 2.05) is 27.7 Å². The van der Waals surface area contributed by atoms with Gasteiger partial charge in [0.15, 0.2) is 0 Å². The van der Waals surface area contributed by atoms with Crippen LogP contribution in [0.15, 0.2) is 36.4 Å². The Balaban J connectivity index is 0.00000600. The average Bonchev–Trinajstić information content (AvgIpc) is 3.04. The Morgan fingerprint density at radius 3 is 1.45 bits per heavy atom. The van der Waals surface area contributed by atoms with Crippen molar-refractivity contribution in [3.8, 4) is 11.5 Å². The Hall–Kier alpha value is -2.99. The van der Waals surface area contributed by atoms with Crippen LogP contribution in [0.2, 0.25) is 0 Å². The van der Waals surface area contributed by atoms with Crippen molar-refractivity contribution in [2.24, 2.45) is 23.3 Å². The number of nitrogens with two attached hydrogens (primary N) is 2. The van der Waals surface area contributed by atoms with Gasteiger partial charge in [-0.15, -0.1) is 12.4 Å². The van der Waals surface area contributed by atoms with Crippen LogP contribution < -0.4 is 20.9 Å². The summed E-state index contributed by atoms with van der Waals surface area (Å²) in [5, 5.41) is 10.1. The first-order valence-corrected chi connectivity index (χ1v) is 16.5. The van der Waals surface area contributed by atoms with Gasteiger partial charge in [0, 0.05) is 75.5 Å². The molecule has 2 saturated heterocycles. The molecule has 0 aromatic heterocycles. The largest absolute Gasteiger partial charge is 0.490 e. The van der Waals surface area contributed by atoms with Gasteiger partial charge in [-0.3, -0.25) is 9.59 Å². The summed E-state index contributed by atoms with van der Waals surface area (Å²) in [7, 11) is 0. The molecule has 47 heavy (non-hydrogen) atoms. The number of hydrogen-bond acceptors (Lipinski definition) is 7. The molecule has 4 rings (SSSR count). The smallest absolute Gasteiger partial charge is 0.239 e. The number of aliphatic hydroxyl groups excluding tert-OH is 1. The number of carbonyl (C=O) groups is 2. The molecule has 0 bridgehead atoms. The minimum Gasteiger partial charge on any atom is -0.490 e. The fourth-order valence-electron chi connectivity index (χ4n) is 6.14. The first-order valence-electron chi connectivity index (χ1n) is 16.5.